The predicted octanol–water partition coefficient (Wildman–Crippen LogP) is 1.57. The summed E-state index contributed by atoms with van der Waals surface area (Å²) in [6.07, 6.45) is 7.86. The van der Waals surface area contributed by atoms with Gasteiger partial charge in [-0.2, -0.15) is 11.8 Å². The lowest BCUT2D eigenvalue weighted by Crippen LogP contribution is -2.45. The highest BCUT2D eigenvalue weighted by Crippen LogP contribution is 2.26. The molecule has 2 rings (SSSR count). The Labute approximate surface area is 91.8 Å². The molecule has 2 aliphatic heterocycles. The van der Waals surface area contributed by atoms with Gasteiger partial charge in [-0.15, -0.1) is 0 Å². The molecule has 0 amide bonds. The molecule has 0 aromatic rings. The van der Waals surface area contributed by atoms with Gasteiger partial charge in [0, 0.05) is 30.9 Å². The van der Waals surface area contributed by atoms with Crippen molar-refractivity contribution in [3.63, 3.8) is 0 Å². The number of thioether (sulfide) groups is 1. The van der Waals surface area contributed by atoms with E-state index in [0.717, 1.165) is 12.1 Å². The van der Waals surface area contributed by atoms with Crippen molar-refractivity contribution >= 4 is 11.8 Å². The van der Waals surface area contributed by atoms with E-state index in [9.17, 15) is 0 Å². The van der Waals surface area contributed by atoms with Gasteiger partial charge in [0.05, 0.1) is 0 Å². The van der Waals surface area contributed by atoms with Crippen molar-refractivity contribution in [3.05, 3.63) is 0 Å². The van der Waals surface area contributed by atoms with Crippen LogP contribution in [-0.2, 0) is 0 Å². The third kappa shape index (κ3) is 2.44. The SMILES string of the molecule is CSCCNC1CCN2CCCCC12. The number of rotatable bonds is 4. The summed E-state index contributed by atoms with van der Waals surface area (Å²) >= 11 is 1.94. The highest BCUT2D eigenvalue weighted by Gasteiger charge is 2.34. The first-order valence-electron chi connectivity index (χ1n) is 5.88. The third-order valence-corrected chi connectivity index (χ3v) is 4.18. The van der Waals surface area contributed by atoms with Gasteiger partial charge in [-0.25, -0.2) is 0 Å². The van der Waals surface area contributed by atoms with Crippen LogP contribution < -0.4 is 5.32 Å². The van der Waals surface area contributed by atoms with Crippen LogP contribution in [0.3, 0.4) is 0 Å². The lowest BCUT2D eigenvalue weighted by Gasteiger charge is -2.32. The summed E-state index contributed by atoms with van der Waals surface area (Å²) in [5.41, 5.74) is 0. The zero-order chi connectivity index (χ0) is 9.80. The predicted molar refractivity (Wildman–Crippen MR) is 64.0 cm³/mol. The second-order valence-electron chi connectivity index (χ2n) is 4.44. The fraction of sp³-hybridized carbons (Fsp3) is 1.00. The quantitative estimate of drug-likeness (QED) is 0.715. The minimum Gasteiger partial charge on any atom is -0.312 e. The van der Waals surface area contributed by atoms with Crippen molar-refractivity contribution in [1.82, 2.24) is 10.2 Å². The van der Waals surface area contributed by atoms with E-state index in [2.05, 4.69) is 16.5 Å². The smallest absolute Gasteiger partial charge is 0.0249 e. The molecule has 2 aliphatic rings. The highest BCUT2D eigenvalue weighted by atomic mass is 32.2. The minimum absolute atomic E-state index is 0.794. The first-order chi connectivity index (χ1) is 6.92. The van der Waals surface area contributed by atoms with Crippen molar-refractivity contribution in [3.8, 4) is 0 Å². The van der Waals surface area contributed by atoms with Gasteiger partial charge in [-0.1, -0.05) is 6.42 Å². The van der Waals surface area contributed by atoms with Crippen LogP contribution in [0.15, 0.2) is 0 Å². The largest absolute Gasteiger partial charge is 0.312 e. The Hall–Kier alpha value is 0.270. The Morgan fingerprint density at radius 2 is 2.21 bits per heavy atom. The van der Waals surface area contributed by atoms with Gasteiger partial charge in [-0.3, -0.25) is 4.90 Å². The lowest BCUT2D eigenvalue weighted by atomic mass is 9.99. The molecule has 2 saturated heterocycles. The fourth-order valence-electron chi connectivity index (χ4n) is 2.83. The lowest BCUT2D eigenvalue weighted by molar-refractivity contribution is 0.181. The van der Waals surface area contributed by atoms with Crippen LogP contribution in [0.4, 0.5) is 0 Å². The molecule has 0 bridgehead atoms. The Kier molecular flexibility index (Phi) is 4.14. The Morgan fingerprint density at radius 1 is 1.29 bits per heavy atom. The molecule has 0 aromatic heterocycles. The molecule has 2 unspecified atom stereocenters. The Balaban J connectivity index is 1.76. The van der Waals surface area contributed by atoms with E-state index < -0.39 is 0 Å². The molecule has 0 saturated carbocycles. The van der Waals surface area contributed by atoms with Gasteiger partial charge in [0.25, 0.3) is 0 Å². The number of piperidine rings is 1. The highest BCUT2D eigenvalue weighted by molar-refractivity contribution is 7.98. The van der Waals surface area contributed by atoms with Crippen molar-refractivity contribution in [2.24, 2.45) is 0 Å². The Bertz CT molecular complexity index is 175. The molecule has 0 aromatic carbocycles. The summed E-state index contributed by atoms with van der Waals surface area (Å²) in [4.78, 5) is 2.69. The van der Waals surface area contributed by atoms with Crippen LogP contribution in [0.25, 0.3) is 0 Å². The average Bonchev–Trinajstić information content (AvgIpc) is 2.63. The summed E-state index contributed by atoms with van der Waals surface area (Å²) in [7, 11) is 0. The maximum absolute atomic E-state index is 3.72. The molecule has 14 heavy (non-hydrogen) atoms. The van der Waals surface area contributed by atoms with Crippen molar-refractivity contribution in [1.29, 1.82) is 0 Å². The average molecular weight is 214 g/mol. The number of hydrogen-bond acceptors (Lipinski definition) is 3. The van der Waals surface area contributed by atoms with Crippen LogP contribution in [0.2, 0.25) is 0 Å². The van der Waals surface area contributed by atoms with E-state index in [0.29, 0.717) is 0 Å². The van der Waals surface area contributed by atoms with E-state index >= 15 is 0 Å². The van der Waals surface area contributed by atoms with Crippen LogP contribution >= 0.6 is 11.8 Å². The summed E-state index contributed by atoms with van der Waals surface area (Å²) in [5, 5.41) is 3.72. The summed E-state index contributed by atoms with van der Waals surface area (Å²) in [6, 6.07) is 1.66. The van der Waals surface area contributed by atoms with E-state index in [4.69, 9.17) is 0 Å². The molecule has 2 fully saturated rings. The molecular weight excluding hydrogens is 192 g/mol. The third-order valence-electron chi connectivity index (χ3n) is 3.57. The monoisotopic (exact) mass is 214 g/mol. The second kappa shape index (κ2) is 5.38. The van der Waals surface area contributed by atoms with Crippen molar-refractivity contribution in [2.45, 2.75) is 37.8 Å². The molecule has 2 atom stereocenters. The molecule has 82 valence electrons. The summed E-state index contributed by atoms with van der Waals surface area (Å²) in [5.74, 6) is 1.25. The van der Waals surface area contributed by atoms with E-state index in [1.807, 2.05) is 11.8 Å². The molecule has 0 spiro atoms. The van der Waals surface area contributed by atoms with Gasteiger partial charge in [0.1, 0.15) is 0 Å². The van der Waals surface area contributed by atoms with Crippen molar-refractivity contribution < 1.29 is 0 Å². The molecule has 0 aliphatic carbocycles. The molecule has 2 heterocycles. The number of nitrogens with zero attached hydrogens (tertiary/aromatic N) is 1. The number of nitrogens with one attached hydrogen (secondary N) is 1. The fourth-order valence-corrected chi connectivity index (χ4v) is 3.15. The van der Waals surface area contributed by atoms with Crippen LogP contribution in [0.5, 0.6) is 0 Å². The molecule has 2 nitrogen and oxygen atoms in total. The maximum Gasteiger partial charge on any atom is 0.0249 e. The molecule has 3 heteroatoms. The first-order valence-corrected chi connectivity index (χ1v) is 7.27. The molecular formula is C11H22N2S. The maximum atomic E-state index is 3.72. The van der Waals surface area contributed by atoms with E-state index in [1.165, 1.54) is 51.1 Å². The Morgan fingerprint density at radius 3 is 3.07 bits per heavy atom. The van der Waals surface area contributed by atoms with Crippen LogP contribution in [0.1, 0.15) is 25.7 Å². The van der Waals surface area contributed by atoms with Gasteiger partial charge in [-0.05, 0) is 32.1 Å². The van der Waals surface area contributed by atoms with E-state index in [1.54, 1.807) is 0 Å². The standard InChI is InChI=1S/C11H22N2S/c1-14-9-6-12-10-5-8-13-7-3-2-4-11(10)13/h10-12H,2-9H2,1H3. The molecule has 0 radical (unpaired) electrons. The van der Waals surface area contributed by atoms with Gasteiger partial charge in [0.2, 0.25) is 0 Å². The van der Waals surface area contributed by atoms with Crippen molar-refractivity contribution in [2.75, 3.05) is 31.6 Å². The zero-order valence-electron chi connectivity index (χ0n) is 9.17. The molecule has 1 N–H and O–H groups in total. The van der Waals surface area contributed by atoms with Gasteiger partial charge < -0.3 is 5.32 Å². The van der Waals surface area contributed by atoms with Crippen LogP contribution in [0, 0.1) is 0 Å². The second-order valence-corrected chi connectivity index (χ2v) is 5.43. The van der Waals surface area contributed by atoms with Gasteiger partial charge in [0.15, 0.2) is 0 Å². The van der Waals surface area contributed by atoms with Crippen LogP contribution in [-0.4, -0.2) is 48.6 Å². The normalized spacial score (nSPS) is 33.2. The number of fused-ring (bicyclic) bond motifs is 1. The van der Waals surface area contributed by atoms with E-state index in [-0.39, 0.29) is 0 Å². The van der Waals surface area contributed by atoms with Gasteiger partial charge >= 0.3 is 0 Å². The summed E-state index contributed by atoms with van der Waals surface area (Å²) < 4.78 is 0. The number of hydrogen-bond donors (Lipinski definition) is 1. The topological polar surface area (TPSA) is 15.3 Å². The zero-order valence-corrected chi connectivity index (χ0v) is 9.98. The minimum atomic E-state index is 0.794. The first kappa shape index (κ1) is 10.8. The summed E-state index contributed by atoms with van der Waals surface area (Å²) in [6.45, 7) is 3.88.